The van der Waals surface area contributed by atoms with Crippen molar-refractivity contribution in [2.45, 2.75) is 13.0 Å². The molecule has 0 saturated heterocycles. The van der Waals surface area contributed by atoms with E-state index in [1.165, 1.54) is 19.1 Å². The van der Waals surface area contributed by atoms with Crippen molar-refractivity contribution in [1.82, 2.24) is 0 Å². The van der Waals surface area contributed by atoms with Crippen LogP contribution in [0.15, 0.2) is 48.5 Å². The van der Waals surface area contributed by atoms with E-state index in [4.69, 9.17) is 16.3 Å². The van der Waals surface area contributed by atoms with Gasteiger partial charge in [-0.1, -0.05) is 11.6 Å². The highest BCUT2D eigenvalue weighted by molar-refractivity contribution is 6.30. The van der Waals surface area contributed by atoms with Gasteiger partial charge < -0.3 is 10.1 Å². The molecule has 0 aliphatic rings. The molecule has 114 valence electrons. The molecule has 2 rings (SSSR count). The average Bonchev–Trinajstić information content (AvgIpc) is 2.50. The van der Waals surface area contributed by atoms with Crippen molar-refractivity contribution in [3.05, 3.63) is 64.9 Å². The number of esters is 1. The molecule has 0 bridgehead atoms. The van der Waals surface area contributed by atoms with Crippen molar-refractivity contribution >= 4 is 29.2 Å². The van der Waals surface area contributed by atoms with Crippen LogP contribution in [0.1, 0.15) is 17.3 Å². The van der Waals surface area contributed by atoms with Gasteiger partial charge in [0.25, 0.3) is 5.91 Å². The van der Waals surface area contributed by atoms with E-state index in [0.717, 1.165) is 12.1 Å². The van der Waals surface area contributed by atoms with Gasteiger partial charge in [-0.15, -0.1) is 0 Å². The Morgan fingerprint density at radius 3 is 2.27 bits per heavy atom. The van der Waals surface area contributed by atoms with E-state index in [1.807, 2.05) is 0 Å². The van der Waals surface area contributed by atoms with Crippen LogP contribution >= 0.6 is 11.6 Å². The van der Waals surface area contributed by atoms with Gasteiger partial charge in [-0.05, 0) is 55.5 Å². The van der Waals surface area contributed by atoms with E-state index >= 15 is 0 Å². The third-order valence-corrected chi connectivity index (χ3v) is 3.10. The first-order valence-electron chi connectivity index (χ1n) is 6.48. The Morgan fingerprint density at radius 1 is 1.09 bits per heavy atom. The van der Waals surface area contributed by atoms with E-state index in [2.05, 4.69) is 5.32 Å². The number of benzene rings is 2. The van der Waals surface area contributed by atoms with E-state index in [9.17, 15) is 14.0 Å². The van der Waals surface area contributed by atoms with Crippen LogP contribution in [0.2, 0.25) is 5.02 Å². The average molecular weight is 322 g/mol. The lowest BCUT2D eigenvalue weighted by Crippen LogP contribution is -2.30. The molecule has 0 aliphatic carbocycles. The fourth-order valence-electron chi connectivity index (χ4n) is 1.65. The Kier molecular flexibility index (Phi) is 5.12. The largest absolute Gasteiger partial charge is 0.449 e. The third-order valence-electron chi connectivity index (χ3n) is 2.84. The summed E-state index contributed by atoms with van der Waals surface area (Å²) in [5.41, 5.74) is 0.714. The molecular formula is C16H13ClFNO3. The molecule has 1 atom stereocenters. The Balaban J connectivity index is 1.94. The molecule has 0 unspecified atom stereocenters. The first-order chi connectivity index (χ1) is 10.5. The molecule has 2 aromatic carbocycles. The summed E-state index contributed by atoms with van der Waals surface area (Å²) in [6, 6.07) is 11.4. The maximum absolute atomic E-state index is 12.8. The second kappa shape index (κ2) is 7.04. The van der Waals surface area contributed by atoms with Crippen molar-refractivity contribution in [1.29, 1.82) is 0 Å². The Bertz CT molecular complexity index is 671. The molecule has 0 spiro atoms. The molecule has 0 aromatic heterocycles. The second-order valence-electron chi connectivity index (χ2n) is 4.55. The van der Waals surface area contributed by atoms with Gasteiger partial charge in [-0.25, -0.2) is 9.18 Å². The summed E-state index contributed by atoms with van der Waals surface area (Å²) < 4.78 is 17.8. The van der Waals surface area contributed by atoms with Gasteiger partial charge in [-0.3, -0.25) is 4.79 Å². The second-order valence-corrected chi connectivity index (χ2v) is 4.99. The van der Waals surface area contributed by atoms with Gasteiger partial charge in [0.15, 0.2) is 6.10 Å². The smallest absolute Gasteiger partial charge is 0.338 e. The zero-order valence-corrected chi connectivity index (χ0v) is 12.4. The maximum Gasteiger partial charge on any atom is 0.338 e. The molecular weight excluding hydrogens is 309 g/mol. The highest BCUT2D eigenvalue weighted by Crippen LogP contribution is 2.14. The Hall–Kier alpha value is -2.40. The first-order valence-corrected chi connectivity index (χ1v) is 6.86. The van der Waals surface area contributed by atoms with Gasteiger partial charge in [-0.2, -0.15) is 0 Å². The minimum atomic E-state index is -0.992. The molecule has 0 saturated carbocycles. The van der Waals surface area contributed by atoms with Crippen molar-refractivity contribution in [2.24, 2.45) is 0 Å². The predicted molar refractivity (Wildman–Crippen MR) is 81.4 cm³/mol. The highest BCUT2D eigenvalue weighted by Gasteiger charge is 2.19. The lowest BCUT2D eigenvalue weighted by molar-refractivity contribution is -0.123. The number of hydrogen-bond donors (Lipinski definition) is 1. The number of rotatable bonds is 4. The van der Waals surface area contributed by atoms with Crippen molar-refractivity contribution in [3.63, 3.8) is 0 Å². The zero-order valence-electron chi connectivity index (χ0n) is 11.7. The summed E-state index contributed by atoms with van der Waals surface area (Å²) in [7, 11) is 0. The molecule has 22 heavy (non-hydrogen) atoms. The SMILES string of the molecule is C[C@H](OC(=O)c1ccc(F)cc1)C(=O)Nc1ccc(Cl)cc1. The van der Waals surface area contributed by atoms with Gasteiger partial charge in [0.2, 0.25) is 0 Å². The van der Waals surface area contributed by atoms with E-state index in [-0.39, 0.29) is 5.56 Å². The minimum Gasteiger partial charge on any atom is -0.449 e. The molecule has 0 radical (unpaired) electrons. The zero-order chi connectivity index (χ0) is 16.1. The molecule has 0 heterocycles. The van der Waals surface area contributed by atoms with Crippen LogP contribution in [-0.2, 0) is 9.53 Å². The molecule has 1 N–H and O–H groups in total. The van der Waals surface area contributed by atoms with Crippen molar-refractivity contribution in [3.8, 4) is 0 Å². The molecule has 0 fully saturated rings. The fraction of sp³-hybridized carbons (Fsp3) is 0.125. The molecule has 2 aromatic rings. The fourth-order valence-corrected chi connectivity index (χ4v) is 1.77. The van der Waals surface area contributed by atoms with Gasteiger partial charge in [0.05, 0.1) is 5.56 Å². The van der Waals surface area contributed by atoms with Gasteiger partial charge in [0.1, 0.15) is 5.82 Å². The van der Waals surface area contributed by atoms with Crippen molar-refractivity contribution in [2.75, 3.05) is 5.32 Å². The molecule has 0 aliphatic heterocycles. The number of carbonyl (C=O) groups excluding carboxylic acids is 2. The lowest BCUT2D eigenvalue weighted by atomic mass is 10.2. The number of carbonyl (C=O) groups is 2. The van der Waals surface area contributed by atoms with E-state index in [0.29, 0.717) is 10.7 Å². The van der Waals surface area contributed by atoms with Crippen molar-refractivity contribution < 1.29 is 18.7 Å². The summed E-state index contributed by atoms with van der Waals surface area (Å²) in [5.74, 6) is -1.62. The summed E-state index contributed by atoms with van der Waals surface area (Å²) >= 11 is 5.75. The maximum atomic E-state index is 12.8. The summed E-state index contributed by atoms with van der Waals surface area (Å²) in [4.78, 5) is 23.8. The first kappa shape index (κ1) is 16.0. The van der Waals surface area contributed by atoms with Crippen LogP contribution < -0.4 is 5.32 Å². The summed E-state index contributed by atoms with van der Waals surface area (Å²) in [5, 5.41) is 3.15. The molecule has 4 nitrogen and oxygen atoms in total. The van der Waals surface area contributed by atoms with Crippen LogP contribution in [0.25, 0.3) is 0 Å². The number of nitrogens with one attached hydrogen (secondary N) is 1. The van der Waals surface area contributed by atoms with Gasteiger partial charge in [0, 0.05) is 10.7 Å². The minimum absolute atomic E-state index is 0.174. The molecule has 1 amide bonds. The van der Waals surface area contributed by atoms with Crippen LogP contribution in [0, 0.1) is 5.82 Å². The molecule has 6 heteroatoms. The van der Waals surface area contributed by atoms with Gasteiger partial charge >= 0.3 is 5.97 Å². The van der Waals surface area contributed by atoms with Crippen LogP contribution in [-0.4, -0.2) is 18.0 Å². The van der Waals surface area contributed by atoms with Crippen LogP contribution in [0.5, 0.6) is 0 Å². The monoisotopic (exact) mass is 321 g/mol. The van der Waals surface area contributed by atoms with Crippen LogP contribution in [0.4, 0.5) is 10.1 Å². The number of hydrogen-bond acceptors (Lipinski definition) is 3. The third kappa shape index (κ3) is 4.30. The van der Waals surface area contributed by atoms with Crippen LogP contribution in [0.3, 0.4) is 0 Å². The number of amides is 1. The topological polar surface area (TPSA) is 55.4 Å². The normalized spacial score (nSPS) is 11.6. The van der Waals surface area contributed by atoms with E-state index < -0.39 is 23.8 Å². The standard InChI is InChI=1S/C16H13ClFNO3/c1-10(15(20)19-14-8-4-12(17)5-9-14)22-16(21)11-2-6-13(18)7-3-11/h2-10H,1H3,(H,19,20)/t10-/m0/s1. The summed E-state index contributed by atoms with van der Waals surface area (Å²) in [6.45, 7) is 1.45. The number of ether oxygens (including phenoxy) is 1. The Labute approximate surface area is 131 Å². The summed E-state index contributed by atoms with van der Waals surface area (Å²) in [6.07, 6.45) is -0.992. The predicted octanol–water partition coefficient (Wildman–Crippen LogP) is 3.66. The van der Waals surface area contributed by atoms with E-state index in [1.54, 1.807) is 24.3 Å². The quantitative estimate of drug-likeness (QED) is 0.874. The number of halogens is 2. The Morgan fingerprint density at radius 2 is 1.68 bits per heavy atom. The lowest BCUT2D eigenvalue weighted by Gasteiger charge is -2.13. The highest BCUT2D eigenvalue weighted by atomic mass is 35.5. The number of anilines is 1.